The average Bonchev–Trinajstić information content (AvgIpc) is 2.31. The molecule has 2 atom stereocenters. The second kappa shape index (κ2) is 4.46. The largest absolute Gasteiger partial charge is 0.390 e. The highest BCUT2D eigenvalue weighted by molar-refractivity contribution is 5.00. The van der Waals surface area contributed by atoms with Crippen LogP contribution in [0.1, 0.15) is 60.3 Å². The summed E-state index contributed by atoms with van der Waals surface area (Å²) in [6.45, 7) is 12.8. The third-order valence-corrected chi connectivity index (χ3v) is 4.57. The molecular weight excluding hydrogens is 226 g/mol. The fourth-order valence-corrected chi connectivity index (χ4v) is 3.70. The van der Waals surface area contributed by atoms with Crippen LogP contribution in [-0.4, -0.2) is 45.9 Å². The summed E-state index contributed by atoms with van der Waals surface area (Å²) in [5.74, 6) is 0. The van der Waals surface area contributed by atoms with Crippen molar-refractivity contribution in [3.8, 4) is 0 Å². The Bertz CT molecular complexity index is 310. The Morgan fingerprint density at radius 3 is 2.28 bits per heavy atom. The van der Waals surface area contributed by atoms with Crippen LogP contribution in [0, 0.1) is 0 Å². The zero-order valence-electron chi connectivity index (χ0n) is 12.6. The van der Waals surface area contributed by atoms with Gasteiger partial charge in [0.1, 0.15) is 0 Å². The molecule has 2 unspecified atom stereocenters. The van der Waals surface area contributed by atoms with Crippen molar-refractivity contribution in [1.82, 2.24) is 4.90 Å². The Morgan fingerprint density at radius 1 is 1.06 bits per heavy atom. The zero-order valence-corrected chi connectivity index (χ0v) is 12.6. The van der Waals surface area contributed by atoms with E-state index in [4.69, 9.17) is 4.74 Å². The Balaban J connectivity index is 2.08. The number of aliphatic hydroxyl groups is 1. The Hall–Kier alpha value is -0.120. The summed E-state index contributed by atoms with van der Waals surface area (Å²) >= 11 is 0. The smallest absolute Gasteiger partial charge is 0.0789 e. The molecule has 0 aromatic rings. The molecule has 18 heavy (non-hydrogen) atoms. The highest BCUT2D eigenvalue weighted by Crippen LogP contribution is 2.41. The maximum absolute atomic E-state index is 10.2. The summed E-state index contributed by atoms with van der Waals surface area (Å²) < 4.78 is 6.19. The van der Waals surface area contributed by atoms with Crippen LogP contribution in [0.15, 0.2) is 0 Å². The Kier molecular flexibility index (Phi) is 3.54. The van der Waals surface area contributed by atoms with Crippen molar-refractivity contribution in [2.75, 3.05) is 13.1 Å². The molecule has 0 aliphatic carbocycles. The minimum atomic E-state index is -0.478. The zero-order chi connectivity index (χ0) is 13.6. The van der Waals surface area contributed by atoms with E-state index in [1.165, 1.54) is 0 Å². The van der Waals surface area contributed by atoms with E-state index < -0.39 is 5.60 Å². The molecular formula is C15H29NO2. The predicted molar refractivity (Wildman–Crippen MR) is 73.7 cm³/mol. The standard InChI is InChI=1S/C15H29NO2/c1-13(2)11-12(14(3,4)18-13)16-9-6-7-15(5,17)8-10-16/h12,17H,6-11H2,1-5H3. The molecule has 2 aliphatic rings. The van der Waals surface area contributed by atoms with Gasteiger partial charge in [0, 0.05) is 12.6 Å². The highest BCUT2D eigenvalue weighted by atomic mass is 16.5. The van der Waals surface area contributed by atoms with E-state index in [0.29, 0.717) is 6.04 Å². The molecule has 2 fully saturated rings. The second-order valence-electron chi connectivity index (χ2n) is 7.57. The van der Waals surface area contributed by atoms with Crippen molar-refractivity contribution in [3.63, 3.8) is 0 Å². The number of nitrogens with zero attached hydrogens (tertiary/aromatic N) is 1. The van der Waals surface area contributed by atoms with E-state index in [1.807, 2.05) is 6.92 Å². The van der Waals surface area contributed by atoms with Crippen molar-refractivity contribution in [2.24, 2.45) is 0 Å². The van der Waals surface area contributed by atoms with E-state index in [1.54, 1.807) is 0 Å². The predicted octanol–water partition coefficient (Wildman–Crippen LogP) is 2.57. The first-order valence-corrected chi connectivity index (χ1v) is 7.28. The number of ether oxygens (including phenoxy) is 1. The molecule has 0 bridgehead atoms. The van der Waals surface area contributed by atoms with Gasteiger partial charge in [0.25, 0.3) is 0 Å². The van der Waals surface area contributed by atoms with Gasteiger partial charge in [-0.3, -0.25) is 4.90 Å². The topological polar surface area (TPSA) is 32.7 Å². The van der Waals surface area contributed by atoms with Gasteiger partial charge in [-0.15, -0.1) is 0 Å². The molecule has 106 valence electrons. The van der Waals surface area contributed by atoms with Crippen molar-refractivity contribution in [3.05, 3.63) is 0 Å². The van der Waals surface area contributed by atoms with Crippen LogP contribution in [0.25, 0.3) is 0 Å². The maximum atomic E-state index is 10.2. The number of hydrogen-bond acceptors (Lipinski definition) is 3. The molecule has 0 saturated carbocycles. The lowest BCUT2D eigenvalue weighted by Crippen LogP contribution is -2.47. The Labute approximate surface area is 112 Å². The van der Waals surface area contributed by atoms with Crippen LogP contribution in [0.5, 0.6) is 0 Å². The molecule has 2 aliphatic heterocycles. The monoisotopic (exact) mass is 255 g/mol. The molecule has 3 nitrogen and oxygen atoms in total. The molecule has 0 aromatic carbocycles. The van der Waals surface area contributed by atoms with E-state index in [0.717, 1.165) is 38.8 Å². The summed E-state index contributed by atoms with van der Waals surface area (Å²) in [6, 6.07) is 0.474. The van der Waals surface area contributed by atoms with Crippen LogP contribution in [0.2, 0.25) is 0 Å². The molecule has 2 heterocycles. The van der Waals surface area contributed by atoms with Crippen molar-refractivity contribution >= 4 is 0 Å². The van der Waals surface area contributed by atoms with Crippen LogP contribution < -0.4 is 0 Å². The van der Waals surface area contributed by atoms with Gasteiger partial charge in [-0.2, -0.15) is 0 Å². The van der Waals surface area contributed by atoms with Crippen molar-refractivity contribution < 1.29 is 9.84 Å². The third kappa shape index (κ3) is 3.06. The minimum absolute atomic E-state index is 0.0248. The molecule has 0 amide bonds. The minimum Gasteiger partial charge on any atom is -0.390 e. The van der Waals surface area contributed by atoms with Gasteiger partial charge in [-0.25, -0.2) is 0 Å². The normalized spacial score (nSPS) is 40.7. The first kappa shape index (κ1) is 14.3. The van der Waals surface area contributed by atoms with Gasteiger partial charge in [0.05, 0.1) is 16.8 Å². The molecule has 0 radical (unpaired) electrons. The van der Waals surface area contributed by atoms with Crippen molar-refractivity contribution in [1.29, 1.82) is 0 Å². The summed E-state index contributed by atoms with van der Waals surface area (Å²) in [5, 5.41) is 10.2. The number of rotatable bonds is 1. The van der Waals surface area contributed by atoms with Crippen LogP contribution in [0.4, 0.5) is 0 Å². The van der Waals surface area contributed by atoms with E-state index in [-0.39, 0.29) is 11.2 Å². The quantitative estimate of drug-likeness (QED) is 0.781. The molecule has 0 spiro atoms. The summed E-state index contributed by atoms with van der Waals surface area (Å²) in [4.78, 5) is 2.54. The Morgan fingerprint density at radius 2 is 1.72 bits per heavy atom. The van der Waals surface area contributed by atoms with Gasteiger partial charge in [0.2, 0.25) is 0 Å². The van der Waals surface area contributed by atoms with Gasteiger partial charge in [0.15, 0.2) is 0 Å². The molecule has 2 rings (SSSR count). The van der Waals surface area contributed by atoms with E-state index in [2.05, 4.69) is 32.6 Å². The fraction of sp³-hybridized carbons (Fsp3) is 1.00. The number of hydrogen-bond donors (Lipinski definition) is 1. The lowest BCUT2D eigenvalue weighted by molar-refractivity contribution is -0.0808. The highest BCUT2D eigenvalue weighted by Gasteiger charge is 2.48. The van der Waals surface area contributed by atoms with Gasteiger partial charge < -0.3 is 9.84 Å². The molecule has 0 aromatic heterocycles. The second-order valence-corrected chi connectivity index (χ2v) is 7.57. The average molecular weight is 255 g/mol. The van der Waals surface area contributed by atoms with Gasteiger partial charge in [-0.05, 0) is 66.8 Å². The molecule has 3 heteroatoms. The SMILES string of the molecule is CC1(O)CCCN(C2CC(C)(C)OC2(C)C)CC1. The van der Waals surface area contributed by atoms with Crippen LogP contribution >= 0.6 is 0 Å². The van der Waals surface area contributed by atoms with Gasteiger partial charge in [-0.1, -0.05) is 0 Å². The maximum Gasteiger partial charge on any atom is 0.0789 e. The lowest BCUT2D eigenvalue weighted by atomic mass is 9.92. The number of likely N-dealkylation sites (tertiary alicyclic amines) is 1. The lowest BCUT2D eigenvalue weighted by Gasteiger charge is -2.35. The van der Waals surface area contributed by atoms with Crippen LogP contribution in [-0.2, 0) is 4.74 Å². The molecule has 2 saturated heterocycles. The third-order valence-electron chi connectivity index (χ3n) is 4.57. The van der Waals surface area contributed by atoms with Gasteiger partial charge >= 0.3 is 0 Å². The first-order valence-electron chi connectivity index (χ1n) is 7.28. The summed E-state index contributed by atoms with van der Waals surface area (Å²) in [6.07, 6.45) is 3.96. The van der Waals surface area contributed by atoms with E-state index >= 15 is 0 Å². The molecule has 1 N–H and O–H groups in total. The van der Waals surface area contributed by atoms with Crippen LogP contribution in [0.3, 0.4) is 0 Å². The summed E-state index contributed by atoms with van der Waals surface area (Å²) in [7, 11) is 0. The summed E-state index contributed by atoms with van der Waals surface area (Å²) in [5.41, 5.74) is -0.587. The fourth-order valence-electron chi connectivity index (χ4n) is 3.70. The van der Waals surface area contributed by atoms with Crippen molar-refractivity contribution in [2.45, 2.75) is 83.1 Å². The van der Waals surface area contributed by atoms with E-state index in [9.17, 15) is 5.11 Å². The first-order chi connectivity index (χ1) is 8.11.